The molecule has 0 aliphatic carbocycles. The van der Waals surface area contributed by atoms with E-state index in [1.54, 1.807) is 0 Å². The molecule has 0 radical (unpaired) electrons. The normalized spacial score (nSPS) is 16.2. The number of methoxy groups -OCH3 is 1. The van der Waals surface area contributed by atoms with Crippen molar-refractivity contribution in [2.24, 2.45) is 0 Å². The molecule has 1 atom stereocenters. The van der Waals surface area contributed by atoms with E-state index >= 15 is 0 Å². The number of carbonyl (C=O) groups excluding carboxylic acids is 2. The Balaban J connectivity index is 1.64. The van der Waals surface area contributed by atoms with E-state index in [0.29, 0.717) is 26.2 Å². The SMILES string of the molecule is COC(=O)Cc1cccc(CNC(=O)C(=C(C#N)C#N)C(Cc2cc(C)cc(C)c2)(c2cccc(CN3CCCCC3)c2)N2CCNC2)c1. The van der Waals surface area contributed by atoms with Crippen LogP contribution in [0.3, 0.4) is 0 Å². The number of nitriles is 2. The second kappa shape index (κ2) is 16.5. The maximum atomic E-state index is 14.7. The van der Waals surface area contributed by atoms with E-state index in [0.717, 1.165) is 58.6 Å². The lowest BCUT2D eigenvalue weighted by Crippen LogP contribution is -2.52. The number of aryl methyl sites for hydroxylation is 2. The molecule has 0 bridgehead atoms. The van der Waals surface area contributed by atoms with Gasteiger partial charge in [-0.25, -0.2) is 0 Å². The number of allylic oxidation sites excluding steroid dienone is 1. The van der Waals surface area contributed by atoms with Crippen LogP contribution >= 0.6 is 0 Å². The molecule has 1 unspecified atom stereocenters. The summed E-state index contributed by atoms with van der Waals surface area (Å²) in [6, 6.07) is 26.4. The number of nitrogens with one attached hydrogen (secondary N) is 2. The Morgan fingerprint density at radius 2 is 1.57 bits per heavy atom. The van der Waals surface area contributed by atoms with Crippen LogP contribution in [0.15, 0.2) is 77.9 Å². The lowest BCUT2D eigenvalue weighted by Gasteiger charge is -2.44. The topological polar surface area (TPSA) is 121 Å². The fourth-order valence-corrected chi connectivity index (χ4v) is 7.39. The minimum Gasteiger partial charge on any atom is -0.469 e. The molecule has 2 saturated heterocycles. The van der Waals surface area contributed by atoms with Crippen molar-refractivity contribution in [3.05, 3.63) is 117 Å². The van der Waals surface area contributed by atoms with Gasteiger partial charge in [-0.3, -0.25) is 19.4 Å². The van der Waals surface area contributed by atoms with E-state index in [1.165, 1.54) is 26.4 Å². The highest BCUT2D eigenvalue weighted by Gasteiger charge is 2.48. The van der Waals surface area contributed by atoms with Gasteiger partial charge in [-0.15, -0.1) is 0 Å². The van der Waals surface area contributed by atoms with E-state index in [9.17, 15) is 20.1 Å². The van der Waals surface area contributed by atoms with Crippen molar-refractivity contribution < 1.29 is 14.3 Å². The Morgan fingerprint density at radius 3 is 2.24 bits per heavy atom. The minimum atomic E-state index is -1.14. The van der Waals surface area contributed by atoms with Crippen LogP contribution in [0.1, 0.15) is 58.2 Å². The molecule has 2 fully saturated rings. The van der Waals surface area contributed by atoms with E-state index in [2.05, 4.69) is 76.8 Å². The van der Waals surface area contributed by atoms with Crippen LogP contribution in [0.25, 0.3) is 0 Å². The first-order valence-corrected chi connectivity index (χ1v) is 17.1. The van der Waals surface area contributed by atoms with E-state index in [4.69, 9.17) is 4.74 Å². The highest BCUT2D eigenvalue weighted by atomic mass is 16.5. The van der Waals surface area contributed by atoms with E-state index in [1.807, 2.05) is 36.4 Å². The third-order valence-electron chi connectivity index (χ3n) is 9.54. The van der Waals surface area contributed by atoms with Crippen molar-refractivity contribution in [3.8, 4) is 12.1 Å². The van der Waals surface area contributed by atoms with Gasteiger partial charge in [-0.2, -0.15) is 10.5 Å². The summed E-state index contributed by atoms with van der Waals surface area (Å²) in [7, 11) is 1.35. The third-order valence-corrected chi connectivity index (χ3v) is 9.54. The Hall–Kier alpha value is -4.80. The molecule has 9 heteroatoms. The summed E-state index contributed by atoms with van der Waals surface area (Å²) >= 11 is 0. The summed E-state index contributed by atoms with van der Waals surface area (Å²) in [4.78, 5) is 31.3. The summed E-state index contributed by atoms with van der Waals surface area (Å²) < 4.78 is 4.83. The minimum absolute atomic E-state index is 0.116. The molecule has 5 rings (SSSR count). The molecular formula is C40H46N6O3. The van der Waals surface area contributed by atoms with Gasteiger partial charge in [-0.1, -0.05) is 84.3 Å². The van der Waals surface area contributed by atoms with Crippen molar-refractivity contribution in [2.75, 3.05) is 40.0 Å². The maximum Gasteiger partial charge on any atom is 0.309 e. The Kier molecular flexibility index (Phi) is 12.0. The molecule has 0 aromatic heterocycles. The number of nitrogens with zero attached hydrogens (tertiary/aromatic N) is 4. The molecule has 3 aromatic carbocycles. The van der Waals surface area contributed by atoms with Crippen LogP contribution in [-0.2, 0) is 45.8 Å². The molecule has 1 amide bonds. The molecule has 2 heterocycles. The number of ether oxygens (including phenoxy) is 1. The lowest BCUT2D eigenvalue weighted by molar-refractivity contribution is -0.139. The molecule has 2 N–H and O–H groups in total. The first kappa shape index (κ1) is 35.5. The molecule has 3 aromatic rings. The van der Waals surface area contributed by atoms with Gasteiger partial charge in [0.1, 0.15) is 17.7 Å². The predicted octanol–water partition coefficient (Wildman–Crippen LogP) is 4.97. The quantitative estimate of drug-likeness (QED) is 0.159. The van der Waals surface area contributed by atoms with Gasteiger partial charge in [0.2, 0.25) is 0 Å². The monoisotopic (exact) mass is 658 g/mol. The van der Waals surface area contributed by atoms with Crippen LogP contribution < -0.4 is 10.6 Å². The van der Waals surface area contributed by atoms with Gasteiger partial charge in [-0.05, 0) is 74.0 Å². The highest BCUT2D eigenvalue weighted by molar-refractivity contribution is 5.98. The number of likely N-dealkylation sites (tertiary alicyclic amines) is 1. The summed E-state index contributed by atoms with van der Waals surface area (Å²) in [5.74, 6) is -0.828. The molecule has 49 heavy (non-hydrogen) atoms. The summed E-state index contributed by atoms with van der Waals surface area (Å²) in [6.45, 7) is 8.97. The van der Waals surface area contributed by atoms with Gasteiger partial charge in [0.15, 0.2) is 0 Å². The van der Waals surface area contributed by atoms with Crippen molar-refractivity contribution >= 4 is 11.9 Å². The number of carbonyl (C=O) groups is 2. The summed E-state index contributed by atoms with van der Waals surface area (Å²) in [5.41, 5.74) is 5.57. The van der Waals surface area contributed by atoms with Crippen LogP contribution in [0.5, 0.6) is 0 Å². The van der Waals surface area contributed by atoms with E-state index in [-0.39, 0.29) is 30.1 Å². The standard InChI is InChI=1S/C40H46N6O3/c1-29-17-30(2)19-34(18-29)23-40(46-16-13-43-28-46,36-12-8-11-33(21-36)27-45-14-5-4-6-15-45)38(35(24-41)25-42)39(48)44-26-32-10-7-9-31(20-32)22-37(47)49-3/h7-12,17-21,43H,4-6,13-16,22-23,26-28H2,1-3H3,(H,44,48). The largest absolute Gasteiger partial charge is 0.469 e. The number of esters is 1. The summed E-state index contributed by atoms with van der Waals surface area (Å²) in [5, 5.41) is 27.4. The van der Waals surface area contributed by atoms with Crippen molar-refractivity contribution in [2.45, 2.75) is 64.6 Å². The lowest BCUT2D eigenvalue weighted by atomic mass is 9.73. The molecule has 0 spiro atoms. The highest BCUT2D eigenvalue weighted by Crippen LogP contribution is 2.42. The fraction of sp³-hybridized carbons (Fsp3) is 0.400. The van der Waals surface area contributed by atoms with Crippen LogP contribution in [-0.4, -0.2) is 61.6 Å². The average Bonchev–Trinajstić information content (AvgIpc) is 3.65. The van der Waals surface area contributed by atoms with Gasteiger partial charge in [0.05, 0.1) is 24.6 Å². The van der Waals surface area contributed by atoms with Crippen molar-refractivity contribution in [3.63, 3.8) is 0 Å². The van der Waals surface area contributed by atoms with Gasteiger partial charge in [0, 0.05) is 32.8 Å². The van der Waals surface area contributed by atoms with E-state index < -0.39 is 11.4 Å². The number of rotatable bonds is 12. The Bertz CT molecular complexity index is 1740. The zero-order valence-electron chi connectivity index (χ0n) is 28.8. The summed E-state index contributed by atoms with van der Waals surface area (Å²) in [6.07, 6.45) is 4.12. The molecule has 0 saturated carbocycles. The Labute approximate surface area is 290 Å². The zero-order valence-corrected chi connectivity index (χ0v) is 28.8. The van der Waals surface area contributed by atoms with Crippen molar-refractivity contribution in [1.29, 1.82) is 10.5 Å². The van der Waals surface area contributed by atoms with Crippen molar-refractivity contribution in [1.82, 2.24) is 20.4 Å². The average molecular weight is 659 g/mol. The molecule has 2 aliphatic heterocycles. The van der Waals surface area contributed by atoms with Crippen LogP contribution in [0.4, 0.5) is 0 Å². The number of hydrogen-bond acceptors (Lipinski definition) is 8. The first-order valence-electron chi connectivity index (χ1n) is 17.1. The molecule has 254 valence electrons. The number of amides is 1. The second-order valence-electron chi connectivity index (χ2n) is 13.2. The number of benzene rings is 3. The number of hydrogen-bond donors (Lipinski definition) is 2. The van der Waals surface area contributed by atoms with Gasteiger partial charge < -0.3 is 15.4 Å². The molecular weight excluding hydrogens is 612 g/mol. The molecule has 9 nitrogen and oxygen atoms in total. The third kappa shape index (κ3) is 8.63. The molecule has 2 aliphatic rings. The number of piperidine rings is 1. The van der Waals surface area contributed by atoms with Crippen LogP contribution in [0, 0.1) is 36.5 Å². The fourth-order valence-electron chi connectivity index (χ4n) is 7.39. The predicted molar refractivity (Wildman–Crippen MR) is 189 cm³/mol. The van der Waals surface area contributed by atoms with Crippen LogP contribution in [0.2, 0.25) is 0 Å². The first-order chi connectivity index (χ1) is 23.7. The Morgan fingerprint density at radius 1 is 0.878 bits per heavy atom. The van der Waals surface area contributed by atoms with Gasteiger partial charge >= 0.3 is 5.97 Å². The smallest absolute Gasteiger partial charge is 0.309 e. The maximum absolute atomic E-state index is 14.7. The second-order valence-corrected chi connectivity index (χ2v) is 13.2. The zero-order chi connectivity index (χ0) is 34.8. The van der Waals surface area contributed by atoms with Gasteiger partial charge in [0.25, 0.3) is 5.91 Å².